The van der Waals surface area contributed by atoms with Gasteiger partial charge >= 0.3 is 0 Å². The van der Waals surface area contributed by atoms with Gasteiger partial charge < -0.3 is 4.90 Å². The van der Waals surface area contributed by atoms with Crippen molar-refractivity contribution in [1.82, 2.24) is 4.90 Å². The number of hydrogen-bond acceptors (Lipinski definition) is 6. The molecule has 6 rings (SSSR count). The fourth-order valence-electron chi connectivity index (χ4n) is 5.00. The zero-order valence-electron chi connectivity index (χ0n) is 20.3. The Labute approximate surface area is 222 Å². The van der Waals surface area contributed by atoms with Gasteiger partial charge in [0.05, 0.1) is 27.8 Å². The Hall–Kier alpha value is -5.44. The summed E-state index contributed by atoms with van der Waals surface area (Å²) in [5, 5.41) is 11.0. The Bertz CT molecular complexity index is 1670. The van der Waals surface area contributed by atoms with Gasteiger partial charge in [-0.3, -0.25) is 29.3 Å². The van der Waals surface area contributed by atoms with Crippen molar-refractivity contribution in [2.24, 2.45) is 0 Å². The number of carbonyl (C=O) groups is 4. The van der Waals surface area contributed by atoms with E-state index in [2.05, 4.69) is 0 Å². The Balaban J connectivity index is 1.31. The van der Waals surface area contributed by atoms with Gasteiger partial charge in [-0.25, -0.2) is 4.90 Å². The third-order valence-electron chi connectivity index (χ3n) is 6.96. The maximum absolute atomic E-state index is 13.7. The standard InChI is InChI=1S/C30H19N3O6/c34-27(19-9-5-2-6-10-19)26-25(18-7-3-1-4-8-18)32(26)28(35)20-11-16-23-24(17-20)30(37)31(29(23)36)21-12-14-22(15-13-21)33(38)39/h1-17,25-26H/t25-,26-,32?/m1/s1. The van der Waals surface area contributed by atoms with Crippen LogP contribution >= 0.6 is 0 Å². The van der Waals surface area contributed by atoms with Gasteiger partial charge in [0.15, 0.2) is 5.78 Å². The minimum absolute atomic E-state index is 0.0493. The minimum Gasteiger partial charge on any atom is -0.316 e. The predicted molar refractivity (Wildman–Crippen MR) is 141 cm³/mol. The molecule has 4 aromatic carbocycles. The van der Waals surface area contributed by atoms with Crippen LogP contribution in [0.3, 0.4) is 0 Å². The maximum Gasteiger partial charge on any atom is 0.269 e. The van der Waals surface area contributed by atoms with E-state index in [-0.39, 0.29) is 33.8 Å². The fourth-order valence-corrected chi connectivity index (χ4v) is 5.00. The minimum atomic E-state index is -0.704. The SMILES string of the molecule is O=C(c1ccccc1)[C@H]1[C@@H](c2ccccc2)N1C(=O)c1ccc2c(c1)C(=O)N(c1ccc([N+](=O)[O-])cc1)C2=O. The number of fused-ring (bicyclic) bond motifs is 1. The van der Waals surface area contributed by atoms with Crippen molar-refractivity contribution in [2.75, 3.05) is 4.90 Å². The first-order chi connectivity index (χ1) is 18.9. The quantitative estimate of drug-likeness (QED) is 0.119. The zero-order chi connectivity index (χ0) is 27.3. The number of non-ortho nitro benzene ring substituents is 1. The highest BCUT2D eigenvalue weighted by atomic mass is 16.6. The number of hydrogen-bond donors (Lipinski definition) is 0. The second kappa shape index (κ2) is 9.14. The van der Waals surface area contributed by atoms with Gasteiger partial charge in [-0.05, 0) is 35.9 Å². The normalized spacial score (nSPS) is 17.6. The van der Waals surface area contributed by atoms with Crippen LogP contribution in [0, 0.1) is 10.1 Å². The van der Waals surface area contributed by atoms with E-state index in [1.807, 2.05) is 36.4 Å². The van der Waals surface area contributed by atoms with Gasteiger partial charge in [0.25, 0.3) is 23.4 Å². The number of rotatable bonds is 6. The number of ketones is 1. The van der Waals surface area contributed by atoms with Gasteiger partial charge in [0.1, 0.15) is 6.04 Å². The van der Waals surface area contributed by atoms with Gasteiger partial charge in [0, 0.05) is 23.3 Å². The van der Waals surface area contributed by atoms with Crippen molar-refractivity contribution in [3.05, 3.63) is 141 Å². The molecule has 39 heavy (non-hydrogen) atoms. The molecular formula is C30H19N3O6. The topological polar surface area (TPSA) is 118 Å². The second-order valence-electron chi connectivity index (χ2n) is 9.22. The molecule has 0 saturated carbocycles. The number of benzene rings is 4. The lowest BCUT2D eigenvalue weighted by atomic mass is 10.0. The van der Waals surface area contributed by atoms with Crippen molar-refractivity contribution in [3.63, 3.8) is 0 Å². The Morgan fingerprint density at radius 2 is 1.33 bits per heavy atom. The molecule has 1 fully saturated rings. The summed E-state index contributed by atoms with van der Waals surface area (Å²) >= 11 is 0. The number of amides is 3. The summed E-state index contributed by atoms with van der Waals surface area (Å²) in [6.45, 7) is 0. The molecule has 4 aromatic rings. The van der Waals surface area contributed by atoms with E-state index in [0.717, 1.165) is 10.5 Å². The summed E-state index contributed by atoms with van der Waals surface area (Å²) < 4.78 is 0. The molecule has 0 aromatic heterocycles. The Kier molecular flexibility index (Phi) is 5.61. The molecule has 9 heteroatoms. The van der Waals surface area contributed by atoms with Crippen molar-refractivity contribution < 1.29 is 24.1 Å². The number of anilines is 1. The third-order valence-corrected chi connectivity index (χ3v) is 6.96. The van der Waals surface area contributed by atoms with Gasteiger partial charge in [-0.1, -0.05) is 60.7 Å². The number of carbonyl (C=O) groups excluding carboxylic acids is 4. The summed E-state index contributed by atoms with van der Waals surface area (Å²) in [5.74, 6) is -1.85. The highest BCUT2D eigenvalue weighted by Crippen LogP contribution is 2.46. The van der Waals surface area contributed by atoms with E-state index in [1.54, 1.807) is 24.3 Å². The van der Waals surface area contributed by atoms with E-state index < -0.39 is 34.7 Å². The summed E-state index contributed by atoms with van der Waals surface area (Å²) in [6.07, 6.45) is 0. The third kappa shape index (κ3) is 3.97. The van der Waals surface area contributed by atoms with Crippen LogP contribution < -0.4 is 4.90 Å². The van der Waals surface area contributed by atoms with Gasteiger partial charge in [-0.2, -0.15) is 0 Å². The highest BCUT2D eigenvalue weighted by molar-refractivity contribution is 6.34. The average Bonchev–Trinajstić information content (AvgIpc) is 3.67. The number of Topliss-reactive ketones (excluding diaryl/α,β-unsaturated/α-hetero) is 1. The van der Waals surface area contributed by atoms with Crippen LogP contribution in [0.25, 0.3) is 0 Å². The number of imide groups is 1. The van der Waals surface area contributed by atoms with E-state index in [0.29, 0.717) is 5.56 Å². The van der Waals surface area contributed by atoms with Crippen LogP contribution in [0.2, 0.25) is 0 Å². The molecule has 1 saturated heterocycles. The molecule has 0 bridgehead atoms. The van der Waals surface area contributed by atoms with Gasteiger partial charge in [-0.15, -0.1) is 0 Å². The molecule has 2 aliphatic rings. The number of nitro groups is 1. The first-order valence-corrected chi connectivity index (χ1v) is 12.1. The Morgan fingerprint density at radius 3 is 1.97 bits per heavy atom. The first-order valence-electron chi connectivity index (χ1n) is 12.1. The molecule has 3 amide bonds. The summed E-state index contributed by atoms with van der Waals surface area (Å²) in [4.78, 5) is 66.1. The van der Waals surface area contributed by atoms with Crippen molar-refractivity contribution in [3.8, 4) is 0 Å². The van der Waals surface area contributed by atoms with Crippen LogP contribution in [-0.2, 0) is 0 Å². The molecule has 0 spiro atoms. The van der Waals surface area contributed by atoms with Crippen LogP contribution in [-0.4, -0.2) is 39.4 Å². The molecule has 0 unspecified atom stereocenters. The molecule has 190 valence electrons. The zero-order valence-corrected chi connectivity index (χ0v) is 20.3. The number of nitro benzene ring substituents is 1. The molecule has 2 atom stereocenters. The lowest BCUT2D eigenvalue weighted by Gasteiger charge is -2.13. The highest BCUT2D eigenvalue weighted by Gasteiger charge is 2.56. The number of nitrogens with zero attached hydrogens (tertiary/aromatic N) is 3. The van der Waals surface area contributed by atoms with Crippen LogP contribution in [0.4, 0.5) is 11.4 Å². The van der Waals surface area contributed by atoms with Crippen LogP contribution in [0.1, 0.15) is 53.0 Å². The summed E-state index contributed by atoms with van der Waals surface area (Å²) in [6, 6.07) is 26.2. The maximum atomic E-state index is 13.7. The largest absolute Gasteiger partial charge is 0.316 e. The van der Waals surface area contributed by atoms with E-state index in [1.165, 1.54) is 47.4 Å². The first kappa shape index (κ1) is 23.9. The lowest BCUT2D eigenvalue weighted by Crippen LogP contribution is -2.29. The van der Waals surface area contributed by atoms with Gasteiger partial charge in [0.2, 0.25) is 0 Å². The molecule has 0 aliphatic carbocycles. The van der Waals surface area contributed by atoms with Crippen molar-refractivity contribution >= 4 is 34.9 Å². The van der Waals surface area contributed by atoms with Crippen molar-refractivity contribution in [2.45, 2.75) is 12.1 Å². The lowest BCUT2D eigenvalue weighted by molar-refractivity contribution is -0.384. The van der Waals surface area contributed by atoms with E-state index in [4.69, 9.17) is 0 Å². The Morgan fingerprint density at radius 1 is 0.718 bits per heavy atom. The summed E-state index contributed by atoms with van der Waals surface area (Å²) in [7, 11) is 0. The molecule has 9 nitrogen and oxygen atoms in total. The van der Waals surface area contributed by atoms with Crippen LogP contribution in [0.5, 0.6) is 0 Å². The predicted octanol–water partition coefficient (Wildman–Crippen LogP) is 4.84. The second-order valence-corrected chi connectivity index (χ2v) is 9.22. The average molecular weight is 517 g/mol. The fraction of sp³-hybridized carbons (Fsp3) is 0.0667. The smallest absolute Gasteiger partial charge is 0.269 e. The molecule has 0 radical (unpaired) electrons. The van der Waals surface area contributed by atoms with E-state index >= 15 is 0 Å². The molecule has 0 N–H and O–H groups in total. The monoisotopic (exact) mass is 517 g/mol. The van der Waals surface area contributed by atoms with E-state index in [9.17, 15) is 29.3 Å². The molecular weight excluding hydrogens is 498 g/mol. The molecule has 2 heterocycles. The molecule has 2 aliphatic heterocycles. The van der Waals surface area contributed by atoms with Crippen LogP contribution in [0.15, 0.2) is 103 Å². The summed E-state index contributed by atoms with van der Waals surface area (Å²) in [5.41, 5.74) is 1.66. The van der Waals surface area contributed by atoms with Crippen molar-refractivity contribution in [1.29, 1.82) is 0 Å².